The van der Waals surface area contributed by atoms with Crippen LogP contribution < -0.4 is 20.5 Å². The monoisotopic (exact) mass is 253 g/mol. The zero-order chi connectivity index (χ0) is 13.4. The first-order valence-corrected chi connectivity index (χ1v) is 5.63. The minimum absolute atomic E-state index is 0.240. The highest BCUT2D eigenvalue weighted by molar-refractivity contribution is 5.79. The summed E-state index contributed by atoms with van der Waals surface area (Å²) >= 11 is 0. The van der Waals surface area contributed by atoms with Crippen LogP contribution >= 0.6 is 0 Å². The van der Waals surface area contributed by atoms with Crippen LogP contribution in [0.2, 0.25) is 0 Å². The molecule has 0 fully saturated rings. The Bertz CT molecular complexity index is 408. The lowest BCUT2D eigenvalue weighted by Crippen LogP contribution is -2.13. The predicted octanol–water partition coefficient (Wildman–Crippen LogP) is 1.64. The third-order valence-electron chi connectivity index (χ3n) is 2.45. The number of anilines is 1. The number of hydrogen-bond donors (Lipinski definition) is 3. The molecule has 0 radical (unpaired) electrons. The van der Waals surface area contributed by atoms with Crippen molar-refractivity contribution in [2.24, 2.45) is 10.9 Å². The molecule has 4 N–H and O–H groups in total. The predicted molar refractivity (Wildman–Crippen MR) is 70.7 cm³/mol. The second-order valence-corrected chi connectivity index (χ2v) is 3.69. The van der Waals surface area contributed by atoms with Crippen molar-refractivity contribution in [3.63, 3.8) is 0 Å². The summed E-state index contributed by atoms with van der Waals surface area (Å²) in [6, 6.07) is 5.61. The largest absolute Gasteiger partial charge is 0.493 e. The molecule has 0 bridgehead atoms. The SMILES string of the molecule is COc1ccc(NCCCC(N)=NO)cc1OC. The van der Waals surface area contributed by atoms with Gasteiger partial charge in [0.2, 0.25) is 0 Å². The molecule has 1 aromatic rings. The lowest BCUT2D eigenvalue weighted by atomic mass is 10.2. The van der Waals surface area contributed by atoms with Crippen LogP contribution in [0.15, 0.2) is 23.4 Å². The average molecular weight is 253 g/mol. The van der Waals surface area contributed by atoms with Crippen LogP contribution in [0.4, 0.5) is 5.69 Å². The van der Waals surface area contributed by atoms with Gasteiger partial charge in [0, 0.05) is 24.7 Å². The molecule has 6 nitrogen and oxygen atoms in total. The fraction of sp³-hybridized carbons (Fsp3) is 0.417. The summed E-state index contributed by atoms with van der Waals surface area (Å²) in [5, 5.41) is 14.5. The molecule has 0 atom stereocenters. The Balaban J connectivity index is 2.48. The van der Waals surface area contributed by atoms with E-state index in [2.05, 4.69) is 10.5 Å². The Kier molecular flexibility index (Phi) is 5.63. The highest BCUT2D eigenvalue weighted by Gasteiger charge is 2.03. The van der Waals surface area contributed by atoms with Crippen LogP contribution in [0.5, 0.6) is 11.5 Å². The van der Waals surface area contributed by atoms with Gasteiger partial charge < -0.3 is 25.7 Å². The molecule has 0 aromatic heterocycles. The van der Waals surface area contributed by atoms with Gasteiger partial charge in [-0.25, -0.2) is 0 Å². The topological polar surface area (TPSA) is 89.1 Å². The second kappa shape index (κ2) is 7.26. The maximum absolute atomic E-state index is 8.39. The number of hydrogen-bond acceptors (Lipinski definition) is 5. The van der Waals surface area contributed by atoms with Crippen molar-refractivity contribution in [2.45, 2.75) is 12.8 Å². The first kappa shape index (κ1) is 14.0. The number of rotatable bonds is 7. The number of nitrogens with two attached hydrogens (primary N) is 1. The van der Waals surface area contributed by atoms with E-state index < -0.39 is 0 Å². The fourth-order valence-corrected chi connectivity index (χ4v) is 1.50. The average Bonchev–Trinajstić information content (AvgIpc) is 2.42. The van der Waals surface area contributed by atoms with Crippen molar-refractivity contribution in [3.8, 4) is 11.5 Å². The molecule has 0 aliphatic rings. The van der Waals surface area contributed by atoms with Gasteiger partial charge in [-0.05, 0) is 18.6 Å². The Morgan fingerprint density at radius 3 is 2.67 bits per heavy atom. The maximum atomic E-state index is 8.39. The van der Waals surface area contributed by atoms with Gasteiger partial charge in [-0.2, -0.15) is 0 Å². The molecule has 1 rings (SSSR count). The molecule has 1 aromatic carbocycles. The van der Waals surface area contributed by atoms with Crippen molar-refractivity contribution in [2.75, 3.05) is 26.1 Å². The van der Waals surface area contributed by atoms with E-state index in [4.69, 9.17) is 20.4 Å². The minimum atomic E-state index is 0.240. The van der Waals surface area contributed by atoms with E-state index in [0.717, 1.165) is 18.7 Å². The number of oxime groups is 1. The molecule has 0 heterocycles. The van der Waals surface area contributed by atoms with E-state index in [1.807, 2.05) is 18.2 Å². The number of ether oxygens (including phenoxy) is 2. The molecule has 0 spiro atoms. The molecule has 100 valence electrons. The van der Waals surface area contributed by atoms with Crippen molar-refractivity contribution >= 4 is 11.5 Å². The fourth-order valence-electron chi connectivity index (χ4n) is 1.50. The van der Waals surface area contributed by atoms with Gasteiger partial charge in [0.25, 0.3) is 0 Å². The summed E-state index contributed by atoms with van der Waals surface area (Å²) in [4.78, 5) is 0. The third-order valence-corrected chi connectivity index (χ3v) is 2.45. The standard InChI is InChI=1S/C12H19N3O3/c1-17-10-6-5-9(8-11(10)18-2)14-7-3-4-12(13)15-16/h5-6,8,14,16H,3-4,7H2,1-2H3,(H2,13,15). The van der Waals surface area contributed by atoms with Gasteiger partial charge >= 0.3 is 0 Å². The molecule has 0 aliphatic carbocycles. The van der Waals surface area contributed by atoms with E-state index >= 15 is 0 Å². The van der Waals surface area contributed by atoms with Crippen LogP contribution in [0.1, 0.15) is 12.8 Å². The maximum Gasteiger partial charge on any atom is 0.162 e. The first-order chi connectivity index (χ1) is 8.71. The molecular formula is C12H19N3O3. The van der Waals surface area contributed by atoms with Crippen LogP contribution in [0, 0.1) is 0 Å². The van der Waals surface area contributed by atoms with Crippen LogP contribution in [0.25, 0.3) is 0 Å². The summed E-state index contributed by atoms with van der Waals surface area (Å²) in [7, 11) is 3.20. The minimum Gasteiger partial charge on any atom is -0.493 e. The molecule has 0 amide bonds. The highest BCUT2D eigenvalue weighted by atomic mass is 16.5. The summed E-state index contributed by atoms with van der Waals surface area (Å²) < 4.78 is 10.4. The smallest absolute Gasteiger partial charge is 0.162 e. The Labute approximate surface area is 106 Å². The number of benzene rings is 1. The van der Waals surface area contributed by atoms with Crippen molar-refractivity contribution in [1.82, 2.24) is 0 Å². The van der Waals surface area contributed by atoms with Gasteiger partial charge in [-0.15, -0.1) is 0 Å². The molecular weight excluding hydrogens is 234 g/mol. The molecule has 0 unspecified atom stereocenters. The van der Waals surface area contributed by atoms with Crippen LogP contribution in [-0.4, -0.2) is 31.8 Å². The summed E-state index contributed by atoms with van der Waals surface area (Å²) in [5.41, 5.74) is 6.31. The quantitative estimate of drug-likeness (QED) is 0.226. The first-order valence-electron chi connectivity index (χ1n) is 5.63. The van der Waals surface area contributed by atoms with Gasteiger partial charge in [0.15, 0.2) is 11.5 Å². The molecule has 0 aliphatic heterocycles. The van der Waals surface area contributed by atoms with Crippen LogP contribution in [0.3, 0.4) is 0 Å². The Morgan fingerprint density at radius 2 is 2.06 bits per heavy atom. The van der Waals surface area contributed by atoms with Crippen LogP contribution in [-0.2, 0) is 0 Å². The second-order valence-electron chi connectivity index (χ2n) is 3.69. The third kappa shape index (κ3) is 4.04. The van der Waals surface area contributed by atoms with Crippen molar-refractivity contribution in [1.29, 1.82) is 0 Å². The Morgan fingerprint density at radius 1 is 1.33 bits per heavy atom. The van der Waals surface area contributed by atoms with Gasteiger partial charge in [-0.1, -0.05) is 5.16 Å². The van der Waals surface area contributed by atoms with Gasteiger partial charge in [0.1, 0.15) is 5.84 Å². The van der Waals surface area contributed by atoms with Crippen molar-refractivity contribution < 1.29 is 14.7 Å². The number of nitrogens with one attached hydrogen (secondary N) is 1. The van der Waals surface area contributed by atoms with E-state index in [-0.39, 0.29) is 5.84 Å². The summed E-state index contributed by atoms with van der Waals surface area (Å²) in [6.07, 6.45) is 1.33. The lowest BCUT2D eigenvalue weighted by molar-refractivity contribution is 0.316. The zero-order valence-corrected chi connectivity index (χ0v) is 10.6. The van der Waals surface area contributed by atoms with Gasteiger partial charge in [0.05, 0.1) is 14.2 Å². The number of nitrogens with zero attached hydrogens (tertiary/aromatic N) is 1. The van der Waals surface area contributed by atoms with Gasteiger partial charge in [-0.3, -0.25) is 0 Å². The molecule has 6 heteroatoms. The highest BCUT2D eigenvalue weighted by Crippen LogP contribution is 2.29. The summed E-state index contributed by atoms with van der Waals surface area (Å²) in [5.74, 6) is 1.61. The number of methoxy groups -OCH3 is 2. The molecule has 18 heavy (non-hydrogen) atoms. The Hall–Kier alpha value is -2.11. The van der Waals surface area contributed by atoms with Crippen molar-refractivity contribution in [3.05, 3.63) is 18.2 Å². The van der Waals surface area contributed by atoms with E-state index in [1.165, 1.54) is 0 Å². The molecule has 0 saturated carbocycles. The molecule has 0 saturated heterocycles. The number of amidine groups is 1. The van der Waals surface area contributed by atoms with E-state index in [0.29, 0.717) is 17.9 Å². The van der Waals surface area contributed by atoms with E-state index in [9.17, 15) is 0 Å². The lowest BCUT2D eigenvalue weighted by Gasteiger charge is -2.11. The zero-order valence-electron chi connectivity index (χ0n) is 10.6. The summed E-state index contributed by atoms with van der Waals surface area (Å²) in [6.45, 7) is 0.728. The van der Waals surface area contributed by atoms with E-state index in [1.54, 1.807) is 14.2 Å². The normalized spacial score (nSPS) is 11.1.